The number of imide groups is 1. The van der Waals surface area contributed by atoms with E-state index in [0.29, 0.717) is 17.5 Å². The van der Waals surface area contributed by atoms with Crippen LogP contribution in [0.1, 0.15) is 47.4 Å². The number of hydrogen-bond acceptors (Lipinski definition) is 4. The molecule has 27 heavy (non-hydrogen) atoms. The molecule has 6 nitrogen and oxygen atoms in total. The van der Waals surface area contributed by atoms with E-state index in [2.05, 4.69) is 0 Å². The number of carbonyl (C=O) groups is 2. The lowest BCUT2D eigenvalue weighted by atomic mass is 10.0. The highest BCUT2D eigenvalue weighted by Gasteiger charge is 2.53. The van der Waals surface area contributed by atoms with Gasteiger partial charge in [0.05, 0.1) is 4.90 Å². The lowest BCUT2D eigenvalue weighted by Gasteiger charge is -2.42. The highest BCUT2D eigenvalue weighted by molar-refractivity contribution is 7.89. The van der Waals surface area contributed by atoms with Gasteiger partial charge in [-0.15, -0.1) is 0 Å². The fourth-order valence-corrected chi connectivity index (χ4v) is 5.68. The molecule has 0 N–H and O–H groups in total. The molecule has 2 aliphatic heterocycles. The number of amides is 2. The van der Waals surface area contributed by atoms with Crippen LogP contribution in [0, 0.1) is 6.92 Å². The monoisotopic (exact) mass is 384 g/mol. The van der Waals surface area contributed by atoms with Crippen LogP contribution in [0.2, 0.25) is 0 Å². The van der Waals surface area contributed by atoms with Crippen LogP contribution in [0.25, 0.3) is 0 Å². The van der Waals surface area contributed by atoms with Crippen LogP contribution in [-0.2, 0) is 14.8 Å². The Morgan fingerprint density at radius 2 is 1.70 bits per heavy atom. The Morgan fingerprint density at radius 1 is 1.04 bits per heavy atom. The zero-order chi connectivity index (χ0) is 19.3. The molecular weight excluding hydrogens is 364 g/mol. The molecule has 2 heterocycles. The average molecular weight is 384 g/mol. The molecule has 140 valence electrons. The van der Waals surface area contributed by atoms with Gasteiger partial charge >= 0.3 is 0 Å². The fraction of sp³-hybridized carbons (Fsp3) is 0.300. The highest BCUT2D eigenvalue weighted by atomic mass is 32.2. The Balaban J connectivity index is 1.90. The number of carbonyl (C=O) groups excluding carboxylic acids is 2. The van der Waals surface area contributed by atoms with Crippen molar-refractivity contribution in [1.82, 2.24) is 9.21 Å². The van der Waals surface area contributed by atoms with E-state index in [4.69, 9.17) is 0 Å². The van der Waals surface area contributed by atoms with E-state index in [9.17, 15) is 18.0 Å². The normalized spacial score (nSPS) is 22.7. The van der Waals surface area contributed by atoms with E-state index in [1.807, 2.05) is 13.8 Å². The van der Waals surface area contributed by atoms with Crippen molar-refractivity contribution < 1.29 is 18.0 Å². The molecule has 0 radical (unpaired) electrons. The van der Waals surface area contributed by atoms with Gasteiger partial charge in [-0.05, 0) is 31.5 Å². The molecule has 2 aliphatic rings. The Morgan fingerprint density at radius 3 is 2.37 bits per heavy atom. The summed E-state index contributed by atoms with van der Waals surface area (Å²) >= 11 is 0. The largest absolute Gasteiger partial charge is 0.274 e. The molecule has 4 rings (SSSR count). The molecule has 1 fully saturated rings. The van der Waals surface area contributed by atoms with Gasteiger partial charge in [0.2, 0.25) is 15.9 Å². The molecular formula is C20H20N2O4S. The zero-order valence-electron chi connectivity index (χ0n) is 15.1. The predicted molar refractivity (Wildman–Crippen MR) is 99.3 cm³/mol. The van der Waals surface area contributed by atoms with Gasteiger partial charge in [-0.25, -0.2) is 8.42 Å². The van der Waals surface area contributed by atoms with E-state index in [1.165, 1.54) is 4.31 Å². The topological polar surface area (TPSA) is 74.8 Å². The summed E-state index contributed by atoms with van der Waals surface area (Å²) in [7, 11) is -3.90. The van der Waals surface area contributed by atoms with Crippen LogP contribution < -0.4 is 0 Å². The minimum absolute atomic E-state index is 0.00216. The fourth-order valence-electron chi connectivity index (χ4n) is 3.87. The van der Waals surface area contributed by atoms with Gasteiger partial charge < -0.3 is 0 Å². The molecule has 0 saturated carbocycles. The van der Waals surface area contributed by atoms with Gasteiger partial charge in [0.25, 0.3) is 5.91 Å². The number of sulfonamides is 1. The summed E-state index contributed by atoms with van der Waals surface area (Å²) in [5.41, 5.74) is 1.90. The zero-order valence-corrected chi connectivity index (χ0v) is 15.9. The maximum absolute atomic E-state index is 13.5. The van der Waals surface area contributed by atoms with Crippen molar-refractivity contribution in [1.29, 1.82) is 0 Å². The molecule has 1 saturated heterocycles. The lowest BCUT2D eigenvalue weighted by Crippen LogP contribution is -2.56. The standard InChI is InChI=1S/C20H20N2O4S/c1-3-14-12-18(23)21-19(16-6-4-5-7-17(16)20(21)24)22(14)27(25,26)15-10-8-13(2)9-11-15/h4-11,14,19H,3,12H2,1-2H3/t14-,19-/m0/s1. The van der Waals surface area contributed by atoms with Crippen LogP contribution in [0.5, 0.6) is 0 Å². The van der Waals surface area contributed by atoms with Crippen molar-refractivity contribution in [3.63, 3.8) is 0 Å². The Labute approximate surface area is 158 Å². The SMILES string of the molecule is CC[C@H]1CC(=O)N2C(=O)c3ccccc3[C@@H]2N1S(=O)(=O)c1ccc(C)cc1. The van der Waals surface area contributed by atoms with Crippen molar-refractivity contribution in [2.24, 2.45) is 0 Å². The summed E-state index contributed by atoms with van der Waals surface area (Å²) in [6, 6.07) is 13.0. The quantitative estimate of drug-likeness (QED) is 0.763. The van der Waals surface area contributed by atoms with Gasteiger partial charge in [-0.1, -0.05) is 42.8 Å². The van der Waals surface area contributed by atoms with E-state index in [0.717, 1.165) is 10.5 Å². The Hall–Kier alpha value is -2.51. The third-order valence-corrected chi connectivity index (χ3v) is 7.20. The molecule has 2 amide bonds. The summed E-state index contributed by atoms with van der Waals surface area (Å²) in [6.45, 7) is 3.74. The highest BCUT2D eigenvalue weighted by Crippen LogP contribution is 2.44. The Bertz CT molecular complexity index is 1030. The second-order valence-corrected chi connectivity index (χ2v) is 8.79. The van der Waals surface area contributed by atoms with Crippen molar-refractivity contribution in [2.45, 2.75) is 43.8 Å². The summed E-state index contributed by atoms with van der Waals surface area (Å²) in [5.74, 6) is -0.761. The van der Waals surface area contributed by atoms with E-state index in [1.54, 1.807) is 48.5 Å². The first-order valence-electron chi connectivity index (χ1n) is 8.91. The molecule has 7 heteroatoms. The van der Waals surface area contributed by atoms with Crippen LogP contribution >= 0.6 is 0 Å². The Kier molecular flexibility index (Phi) is 4.16. The van der Waals surface area contributed by atoms with Crippen molar-refractivity contribution >= 4 is 21.8 Å². The van der Waals surface area contributed by atoms with Gasteiger partial charge in [-0.2, -0.15) is 4.31 Å². The number of nitrogens with zero attached hydrogens (tertiary/aromatic N) is 2. The van der Waals surface area contributed by atoms with Gasteiger partial charge in [0.1, 0.15) is 6.17 Å². The summed E-state index contributed by atoms with van der Waals surface area (Å²) in [6.07, 6.45) is -0.443. The summed E-state index contributed by atoms with van der Waals surface area (Å²) in [5, 5.41) is 0. The first kappa shape index (κ1) is 17.9. The smallest absolute Gasteiger partial charge is 0.262 e. The molecule has 2 aromatic rings. The molecule has 2 atom stereocenters. The number of aryl methyl sites for hydroxylation is 1. The van der Waals surface area contributed by atoms with Crippen LogP contribution in [0.4, 0.5) is 0 Å². The minimum atomic E-state index is -3.90. The second-order valence-electron chi connectivity index (χ2n) is 6.94. The third kappa shape index (κ3) is 2.61. The molecule has 0 aromatic heterocycles. The van der Waals surface area contributed by atoms with Crippen LogP contribution in [-0.4, -0.2) is 35.5 Å². The van der Waals surface area contributed by atoms with Crippen LogP contribution in [0.15, 0.2) is 53.4 Å². The van der Waals surface area contributed by atoms with Crippen molar-refractivity contribution in [2.75, 3.05) is 0 Å². The number of rotatable bonds is 3. The van der Waals surface area contributed by atoms with E-state index < -0.39 is 28.1 Å². The number of fused-ring (bicyclic) bond motifs is 3. The maximum atomic E-state index is 13.5. The first-order valence-corrected chi connectivity index (χ1v) is 10.4. The number of hydrogen-bond donors (Lipinski definition) is 0. The average Bonchev–Trinajstić information content (AvgIpc) is 2.95. The predicted octanol–water partition coefficient (Wildman–Crippen LogP) is 2.85. The van der Waals surface area contributed by atoms with Crippen molar-refractivity contribution in [3.05, 3.63) is 65.2 Å². The van der Waals surface area contributed by atoms with Gasteiger partial charge in [0.15, 0.2) is 0 Å². The van der Waals surface area contributed by atoms with E-state index >= 15 is 0 Å². The maximum Gasteiger partial charge on any atom is 0.262 e. The second kappa shape index (κ2) is 6.28. The molecule has 0 unspecified atom stereocenters. The van der Waals surface area contributed by atoms with E-state index in [-0.39, 0.29) is 17.2 Å². The van der Waals surface area contributed by atoms with Crippen molar-refractivity contribution in [3.8, 4) is 0 Å². The van der Waals surface area contributed by atoms with Gasteiger partial charge in [-0.3, -0.25) is 14.5 Å². The van der Waals surface area contributed by atoms with Crippen LogP contribution in [0.3, 0.4) is 0 Å². The summed E-state index contributed by atoms with van der Waals surface area (Å²) in [4.78, 5) is 26.7. The summed E-state index contributed by atoms with van der Waals surface area (Å²) < 4.78 is 28.4. The third-order valence-electron chi connectivity index (χ3n) is 5.28. The first-order chi connectivity index (χ1) is 12.9. The molecule has 0 spiro atoms. The lowest BCUT2D eigenvalue weighted by molar-refractivity contribution is -0.138. The molecule has 0 bridgehead atoms. The number of benzene rings is 2. The molecule has 0 aliphatic carbocycles. The minimum Gasteiger partial charge on any atom is -0.274 e. The van der Waals surface area contributed by atoms with Gasteiger partial charge in [0, 0.05) is 23.6 Å². The molecule has 2 aromatic carbocycles.